The molecule has 2 unspecified atom stereocenters. The van der Waals surface area contributed by atoms with Crippen molar-refractivity contribution in [1.82, 2.24) is 5.43 Å². The lowest BCUT2D eigenvalue weighted by Crippen LogP contribution is -2.31. The predicted molar refractivity (Wildman–Crippen MR) is 67.1 cm³/mol. The van der Waals surface area contributed by atoms with E-state index in [9.17, 15) is 28.1 Å². The molecule has 1 aromatic carbocycles. The summed E-state index contributed by atoms with van der Waals surface area (Å²) in [6.07, 6.45) is -3.95. The Morgan fingerprint density at radius 2 is 2.05 bits per heavy atom. The van der Waals surface area contributed by atoms with E-state index in [0.717, 1.165) is 12.5 Å². The highest BCUT2D eigenvalue weighted by Crippen LogP contribution is 2.38. The Kier molecular flexibility index (Phi) is 3.75. The number of nitrogens with one attached hydrogen (secondary N) is 2. The summed E-state index contributed by atoms with van der Waals surface area (Å²) in [7, 11) is 0. The van der Waals surface area contributed by atoms with Crippen LogP contribution in [0.4, 0.5) is 24.5 Å². The molecule has 0 heterocycles. The first-order valence-electron chi connectivity index (χ1n) is 6.11. The number of anilines is 1. The molecule has 0 aromatic heterocycles. The third-order valence-corrected chi connectivity index (χ3v) is 3.29. The van der Waals surface area contributed by atoms with Gasteiger partial charge >= 0.3 is 6.18 Å². The molecule has 1 aliphatic rings. The Bertz CT molecular complexity index is 589. The zero-order valence-corrected chi connectivity index (χ0v) is 10.9. The maximum Gasteiger partial charge on any atom is 0.416 e. The lowest BCUT2D eigenvalue weighted by molar-refractivity contribution is -0.384. The third kappa shape index (κ3) is 3.41. The van der Waals surface area contributed by atoms with Gasteiger partial charge in [0.05, 0.1) is 10.5 Å². The van der Waals surface area contributed by atoms with Crippen LogP contribution in [0, 0.1) is 22.0 Å². The molecule has 0 saturated heterocycles. The number of hydrogen-bond donors (Lipinski definition) is 2. The molecule has 1 fully saturated rings. The second kappa shape index (κ2) is 5.23. The normalized spacial score (nSPS) is 20.8. The number of nitro groups is 1. The molecule has 0 spiro atoms. The first kappa shape index (κ1) is 15.1. The van der Waals surface area contributed by atoms with E-state index in [-0.39, 0.29) is 23.4 Å². The van der Waals surface area contributed by atoms with Gasteiger partial charge in [-0.2, -0.15) is 13.2 Å². The quantitative estimate of drug-likeness (QED) is 0.661. The fourth-order valence-electron chi connectivity index (χ4n) is 1.87. The summed E-state index contributed by atoms with van der Waals surface area (Å²) in [4.78, 5) is 21.5. The first-order valence-corrected chi connectivity index (χ1v) is 6.11. The Labute approximate surface area is 117 Å². The maximum atomic E-state index is 12.5. The van der Waals surface area contributed by atoms with E-state index >= 15 is 0 Å². The van der Waals surface area contributed by atoms with Crippen LogP contribution < -0.4 is 10.9 Å². The van der Waals surface area contributed by atoms with Gasteiger partial charge in [0.1, 0.15) is 5.69 Å². The van der Waals surface area contributed by atoms with Crippen molar-refractivity contribution < 1.29 is 22.9 Å². The number of hydrazine groups is 1. The van der Waals surface area contributed by atoms with Gasteiger partial charge in [0, 0.05) is 12.0 Å². The Morgan fingerprint density at radius 1 is 1.43 bits per heavy atom. The van der Waals surface area contributed by atoms with Crippen LogP contribution in [-0.2, 0) is 11.0 Å². The molecule has 2 rings (SSSR count). The lowest BCUT2D eigenvalue weighted by Gasteiger charge is -2.11. The number of benzene rings is 1. The van der Waals surface area contributed by atoms with Crippen LogP contribution in [0.1, 0.15) is 18.9 Å². The average Bonchev–Trinajstić information content (AvgIpc) is 3.11. The summed E-state index contributed by atoms with van der Waals surface area (Å²) in [5.41, 5.74) is 2.50. The smallest absolute Gasteiger partial charge is 0.292 e. The van der Waals surface area contributed by atoms with E-state index in [4.69, 9.17) is 0 Å². The first-order chi connectivity index (χ1) is 9.70. The van der Waals surface area contributed by atoms with E-state index < -0.39 is 22.4 Å². The second-order valence-corrected chi connectivity index (χ2v) is 4.92. The van der Waals surface area contributed by atoms with E-state index in [1.54, 1.807) is 0 Å². The SMILES string of the molecule is CC1CC1C(=O)NNc1ccc(C(F)(F)F)cc1[N+](=O)[O-]. The third-order valence-electron chi connectivity index (χ3n) is 3.29. The molecule has 1 saturated carbocycles. The van der Waals surface area contributed by atoms with E-state index in [2.05, 4.69) is 10.9 Å². The van der Waals surface area contributed by atoms with E-state index in [0.29, 0.717) is 12.1 Å². The van der Waals surface area contributed by atoms with Crippen LogP contribution in [0.2, 0.25) is 0 Å². The van der Waals surface area contributed by atoms with Crippen LogP contribution in [-0.4, -0.2) is 10.8 Å². The number of nitrogens with zero attached hydrogens (tertiary/aromatic N) is 1. The average molecular weight is 303 g/mol. The molecule has 1 aromatic rings. The van der Waals surface area contributed by atoms with Gasteiger partial charge in [0.15, 0.2) is 0 Å². The topological polar surface area (TPSA) is 84.3 Å². The van der Waals surface area contributed by atoms with Gasteiger partial charge in [-0.25, -0.2) is 0 Å². The number of hydrogen-bond acceptors (Lipinski definition) is 4. The zero-order chi connectivity index (χ0) is 15.8. The van der Waals surface area contributed by atoms with Gasteiger partial charge in [-0.15, -0.1) is 0 Å². The summed E-state index contributed by atoms with van der Waals surface area (Å²) in [5.74, 6) is -0.253. The van der Waals surface area contributed by atoms with Crippen molar-refractivity contribution >= 4 is 17.3 Å². The number of amides is 1. The summed E-state index contributed by atoms with van der Waals surface area (Å²) < 4.78 is 37.6. The molecule has 114 valence electrons. The molecular formula is C12H12F3N3O3. The number of rotatable bonds is 4. The van der Waals surface area contributed by atoms with Gasteiger partial charge in [0.25, 0.3) is 5.69 Å². The zero-order valence-electron chi connectivity index (χ0n) is 10.9. The van der Waals surface area contributed by atoms with Gasteiger partial charge in [0.2, 0.25) is 5.91 Å². The minimum Gasteiger partial charge on any atom is -0.292 e. The molecule has 0 aliphatic heterocycles. The van der Waals surface area contributed by atoms with Crippen molar-refractivity contribution in [1.29, 1.82) is 0 Å². The fourth-order valence-corrected chi connectivity index (χ4v) is 1.87. The van der Waals surface area contributed by atoms with E-state index in [1.165, 1.54) is 0 Å². The summed E-state index contributed by atoms with van der Waals surface area (Å²) in [5, 5.41) is 10.8. The highest BCUT2D eigenvalue weighted by Gasteiger charge is 2.39. The molecule has 2 N–H and O–H groups in total. The Hall–Kier alpha value is -2.32. The minimum atomic E-state index is -4.67. The van der Waals surface area contributed by atoms with Crippen molar-refractivity contribution in [2.24, 2.45) is 11.8 Å². The van der Waals surface area contributed by atoms with Gasteiger partial charge in [-0.05, 0) is 24.5 Å². The monoisotopic (exact) mass is 303 g/mol. The van der Waals surface area contributed by atoms with Gasteiger partial charge in [-0.1, -0.05) is 6.92 Å². The van der Waals surface area contributed by atoms with E-state index in [1.807, 2.05) is 6.92 Å². The number of halogens is 3. The molecule has 21 heavy (non-hydrogen) atoms. The molecular weight excluding hydrogens is 291 g/mol. The highest BCUT2D eigenvalue weighted by atomic mass is 19.4. The molecule has 0 bridgehead atoms. The highest BCUT2D eigenvalue weighted by molar-refractivity contribution is 5.83. The number of alkyl halides is 3. The van der Waals surface area contributed by atoms with Gasteiger partial charge < -0.3 is 0 Å². The maximum absolute atomic E-state index is 12.5. The van der Waals surface area contributed by atoms with Crippen LogP contribution in [0.3, 0.4) is 0 Å². The standard InChI is InChI=1S/C12H12F3N3O3/c1-6-4-8(6)11(19)17-16-9-3-2-7(12(13,14)15)5-10(9)18(20)21/h2-3,5-6,8,16H,4H2,1H3,(H,17,19). The van der Waals surface area contributed by atoms with Gasteiger partial charge in [-0.3, -0.25) is 25.8 Å². The largest absolute Gasteiger partial charge is 0.416 e. The van der Waals surface area contributed by atoms with Crippen LogP contribution in [0.5, 0.6) is 0 Å². The van der Waals surface area contributed by atoms with Crippen molar-refractivity contribution in [3.05, 3.63) is 33.9 Å². The summed E-state index contributed by atoms with van der Waals surface area (Å²) >= 11 is 0. The molecule has 9 heteroatoms. The van der Waals surface area contributed by atoms with Crippen LogP contribution in [0.15, 0.2) is 18.2 Å². The molecule has 1 aliphatic carbocycles. The van der Waals surface area contributed by atoms with Crippen molar-refractivity contribution in [2.45, 2.75) is 19.5 Å². The Balaban J connectivity index is 2.15. The molecule has 2 atom stereocenters. The molecule has 0 radical (unpaired) electrons. The van der Waals surface area contributed by atoms with Crippen LogP contribution >= 0.6 is 0 Å². The second-order valence-electron chi connectivity index (χ2n) is 4.92. The number of nitro benzene ring substituents is 1. The summed E-state index contributed by atoms with van der Waals surface area (Å²) in [6.45, 7) is 1.88. The van der Waals surface area contributed by atoms with Crippen LogP contribution in [0.25, 0.3) is 0 Å². The minimum absolute atomic E-state index is 0.161. The molecule has 6 nitrogen and oxygen atoms in total. The number of carbonyl (C=O) groups excluding carboxylic acids is 1. The fraction of sp³-hybridized carbons (Fsp3) is 0.417. The van der Waals surface area contributed by atoms with Crippen molar-refractivity contribution in [3.63, 3.8) is 0 Å². The molecule has 1 amide bonds. The lowest BCUT2D eigenvalue weighted by atomic mass is 10.1. The Morgan fingerprint density at radius 3 is 2.52 bits per heavy atom. The van der Waals surface area contributed by atoms with Crippen molar-refractivity contribution in [2.75, 3.05) is 5.43 Å². The van der Waals surface area contributed by atoms with Crippen molar-refractivity contribution in [3.8, 4) is 0 Å². The number of carbonyl (C=O) groups is 1. The summed E-state index contributed by atoms with van der Waals surface area (Å²) in [6, 6.07) is 2.05. The predicted octanol–water partition coefficient (Wildman–Crippen LogP) is 2.71.